The number of methoxy groups -OCH3 is 1. The van der Waals surface area contributed by atoms with Gasteiger partial charge in [0.1, 0.15) is 5.75 Å². The first kappa shape index (κ1) is 11.5. The Morgan fingerprint density at radius 2 is 1.79 bits per heavy atom. The molecule has 0 fully saturated rings. The van der Waals surface area contributed by atoms with Crippen molar-refractivity contribution >= 4 is 17.2 Å². The Kier molecular flexibility index (Phi) is 2.80. The first-order chi connectivity index (χ1) is 9.35. The van der Waals surface area contributed by atoms with Crippen LogP contribution in [0.2, 0.25) is 0 Å². The molecule has 0 amide bonds. The number of aromatic nitrogens is 1. The number of aromatic amines is 1. The van der Waals surface area contributed by atoms with E-state index < -0.39 is 0 Å². The Morgan fingerprint density at radius 3 is 2.58 bits per heavy atom. The zero-order chi connectivity index (χ0) is 13.2. The summed E-state index contributed by atoms with van der Waals surface area (Å²) in [6.07, 6.45) is 0.889. The van der Waals surface area contributed by atoms with Gasteiger partial charge in [0.15, 0.2) is 6.29 Å². The molecule has 2 aromatic carbocycles. The minimum Gasteiger partial charge on any atom is -0.496 e. The lowest BCUT2D eigenvalue weighted by Crippen LogP contribution is -1.90. The lowest BCUT2D eigenvalue weighted by molar-refractivity contribution is 0.112. The molecule has 3 aromatic rings. The third-order valence-electron chi connectivity index (χ3n) is 3.24. The van der Waals surface area contributed by atoms with Crippen molar-refractivity contribution in [3.63, 3.8) is 0 Å². The number of para-hydroxylation sites is 2. The van der Waals surface area contributed by atoms with Crippen LogP contribution in [-0.2, 0) is 0 Å². The second-order valence-corrected chi connectivity index (χ2v) is 4.28. The van der Waals surface area contributed by atoms with Crippen LogP contribution < -0.4 is 4.74 Å². The van der Waals surface area contributed by atoms with Crippen LogP contribution >= 0.6 is 0 Å². The van der Waals surface area contributed by atoms with Gasteiger partial charge >= 0.3 is 0 Å². The predicted octanol–water partition coefficient (Wildman–Crippen LogP) is 3.66. The maximum absolute atomic E-state index is 11.4. The fraction of sp³-hybridized carbons (Fsp3) is 0.0625. The lowest BCUT2D eigenvalue weighted by atomic mass is 10.1. The molecule has 94 valence electrons. The van der Waals surface area contributed by atoms with E-state index in [1.165, 1.54) is 0 Å². The van der Waals surface area contributed by atoms with Gasteiger partial charge in [-0.25, -0.2) is 0 Å². The average molecular weight is 251 g/mol. The number of aldehydes is 1. The fourth-order valence-corrected chi connectivity index (χ4v) is 2.35. The van der Waals surface area contributed by atoms with Crippen molar-refractivity contribution in [1.82, 2.24) is 4.98 Å². The monoisotopic (exact) mass is 251 g/mol. The highest BCUT2D eigenvalue weighted by molar-refractivity contribution is 6.04. The second kappa shape index (κ2) is 4.61. The van der Waals surface area contributed by atoms with Crippen LogP contribution in [0, 0.1) is 0 Å². The van der Waals surface area contributed by atoms with E-state index in [1.54, 1.807) is 7.11 Å². The van der Waals surface area contributed by atoms with Gasteiger partial charge in [-0.1, -0.05) is 30.3 Å². The minimum atomic E-state index is 0.667. The first-order valence-corrected chi connectivity index (χ1v) is 6.04. The summed E-state index contributed by atoms with van der Waals surface area (Å²) in [5, 5.41) is 0.929. The number of carbonyl (C=O) groups excluding carboxylic acids is 1. The molecule has 1 N–H and O–H groups in total. The molecule has 3 heteroatoms. The van der Waals surface area contributed by atoms with Crippen molar-refractivity contribution < 1.29 is 9.53 Å². The standard InChI is InChI=1S/C16H13NO2/c1-19-15-9-5-3-7-12(15)16-13(10-18)11-6-2-4-8-14(11)17-16/h2-10,17H,1H3. The highest BCUT2D eigenvalue weighted by atomic mass is 16.5. The topological polar surface area (TPSA) is 42.1 Å². The van der Waals surface area contributed by atoms with E-state index in [-0.39, 0.29) is 0 Å². The molecule has 0 saturated heterocycles. The van der Waals surface area contributed by atoms with Crippen molar-refractivity contribution in [2.45, 2.75) is 0 Å². The van der Waals surface area contributed by atoms with E-state index in [0.717, 1.165) is 34.2 Å². The van der Waals surface area contributed by atoms with Crippen LogP contribution in [0.25, 0.3) is 22.2 Å². The average Bonchev–Trinajstić information content (AvgIpc) is 2.85. The number of rotatable bonds is 3. The number of benzene rings is 2. The van der Waals surface area contributed by atoms with Crippen molar-refractivity contribution in [3.05, 3.63) is 54.1 Å². The molecule has 19 heavy (non-hydrogen) atoms. The summed E-state index contributed by atoms with van der Waals surface area (Å²) in [6, 6.07) is 15.4. The molecule has 0 aliphatic rings. The number of nitrogens with one attached hydrogen (secondary N) is 1. The van der Waals surface area contributed by atoms with Crippen molar-refractivity contribution in [2.75, 3.05) is 7.11 Å². The second-order valence-electron chi connectivity index (χ2n) is 4.28. The Labute approximate surface area is 110 Å². The highest BCUT2D eigenvalue weighted by Gasteiger charge is 2.14. The van der Waals surface area contributed by atoms with E-state index in [2.05, 4.69) is 4.98 Å². The van der Waals surface area contributed by atoms with Gasteiger partial charge in [0.25, 0.3) is 0 Å². The van der Waals surface area contributed by atoms with Crippen molar-refractivity contribution in [2.24, 2.45) is 0 Å². The molecule has 3 rings (SSSR count). The number of carbonyl (C=O) groups is 1. The number of H-pyrrole nitrogens is 1. The smallest absolute Gasteiger partial charge is 0.152 e. The van der Waals surface area contributed by atoms with Gasteiger partial charge in [-0.2, -0.15) is 0 Å². The maximum atomic E-state index is 11.4. The molecule has 0 radical (unpaired) electrons. The van der Waals surface area contributed by atoms with E-state index in [9.17, 15) is 4.79 Å². The molecule has 0 unspecified atom stereocenters. The summed E-state index contributed by atoms with van der Waals surface area (Å²) in [6.45, 7) is 0. The Hall–Kier alpha value is -2.55. The van der Waals surface area contributed by atoms with E-state index in [0.29, 0.717) is 5.56 Å². The van der Waals surface area contributed by atoms with Gasteiger partial charge < -0.3 is 9.72 Å². The van der Waals surface area contributed by atoms with E-state index >= 15 is 0 Å². The van der Waals surface area contributed by atoms with Gasteiger partial charge in [0.2, 0.25) is 0 Å². The highest BCUT2D eigenvalue weighted by Crippen LogP contribution is 2.34. The minimum absolute atomic E-state index is 0.667. The summed E-state index contributed by atoms with van der Waals surface area (Å²) in [7, 11) is 1.63. The molecular formula is C16H13NO2. The lowest BCUT2D eigenvalue weighted by Gasteiger charge is -2.07. The number of ether oxygens (including phenoxy) is 1. The van der Waals surface area contributed by atoms with Crippen LogP contribution in [-0.4, -0.2) is 18.4 Å². The molecule has 1 aromatic heterocycles. The van der Waals surface area contributed by atoms with Gasteiger partial charge in [0.05, 0.1) is 12.8 Å². The van der Waals surface area contributed by atoms with Crippen LogP contribution in [0.15, 0.2) is 48.5 Å². The maximum Gasteiger partial charge on any atom is 0.152 e. The van der Waals surface area contributed by atoms with Crippen LogP contribution in [0.4, 0.5) is 0 Å². The van der Waals surface area contributed by atoms with Crippen LogP contribution in [0.5, 0.6) is 5.75 Å². The van der Waals surface area contributed by atoms with Gasteiger partial charge in [0, 0.05) is 22.0 Å². The molecular weight excluding hydrogens is 238 g/mol. The summed E-state index contributed by atoms with van der Waals surface area (Å²) in [5.41, 5.74) is 3.31. The fourth-order valence-electron chi connectivity index (χ4n) is 2.35. The zero-order valence-electron chi connectivity index (χ0n) is 10.5. The molecule has 0 saturated carbocycles. The third kappa shape index (κ3) is 1.80. The Balaban J connectivity index is 2.33. The zero-order valence-corrected chi connectivity index (χ0v) is 10.5. The van der Waals surface area contributed by atoms with E-state index in [4.69, 9.17) is 4.74 Å². The molecule has 0 bridgehead atoms. The van der Waals surface area contributed by atoms with Crippen molar-refractivity contribution in [3.8, 4) is 17.0 Å². The van der Waals surface area contributed by atoms with Crippen molar-refractivity contribution in [1.29, 1.82) is 0 Å². The molecule has 3 nitrogen and oxygen atoms in total. The number of fused-ring (bicyclic) bond motifs is 1. The number of hydrogen-bond acceptors (Lipinski definition) is 2. The summed E-state index contributed by atoms with van der Waals surface area (Å²) in [4.78, 5) is 14.7. The van der Waals surface area contributed by atoms with Gasteiger partial charge in [-0.15, -0.1) is 0 Å². The van der Waals surface area contributed by atoms with Gasteiger partial charge in [-0.05, 0) is 18.2 Å². The van der Waals surface area contributed by atoms with E-state index in [1.807, 2.05) is 48.5 Å². The summed E-state index contributed by atoms with van der Waals surface area (Å²) >= 11 is 0. The van der Waals surface area contributed by atoms with Crippen LogP contribution in [0.1, 0.15) is 10.4 Å². The number of hydrogen-bond donors (Lipinski definition) is 1. The molecule has 0 atom stereocenters. The largest absolute Gasteiger partial charge is 0.496 e. The Bertz CT molecular complexity index is 743. The summed E-state index contributed by atoms with van der Waals surface area (Å²) in [5.74, 6) is 0.747. The van der Waals surface area contributed by atoms with Crippen LogP contribution in [0.3, 0.4) is 0 Å². The first-order valence-electron chi connectivity index (χ1n) is 6.04. The third-order valence-corrected chi connectivity index (χ3v) is 3.24. The quantitative estimate of drug-likeness (QED) is 0.722. The molecule has 0 aliphatic heterocycles. The Morgan fingerprint density at radius 1 is 1.05 bits per heavy atom. The van der Waals surface area contributed by atoms with Gasteiger partial charge in [-0.3, -0.25) is 4.79 Å². The molecule has 1 heterocycles. The predicted molar refractivity (Wildman–Crippen MR) is 75.7 cm³/mol. The summed E-state index contributed by atoms with van der Waals surface area (Å²) < 4.78 is 5.36. The molecule has 0 aliphatic carbocycles. The SMILES string of the molecule is COc1ccccc1-c1[nH]c2ccccc2c1C=O. The normalized spacial score (nSPS) is 10.6. The molecule has 0 spiro atoms.